The summed E-state index contributed by atoms with van der Waals surface area (Å²) < 4.78 is 0. The molecule has 144 valence electrons. The first-order valence-corrected chi connectivity index (χ1v) is 10.0. The smallest absolute Gasteiger partial charge is 0.319 e. The molecular weight excluding hydrogens is 358 g/mol. The van der Waals surface area contributed by atoms with Gasteiger partial charge in [-0.15, -0.1) is 0 Å². The van der Waals surface area contributed by atoms with Gasteiger partial charge >= 0.3 is 6.03 Å². The highest BCUT2D eigenvalue weighted by Gasteiger charge is 2.21. The fraction of sp³-hybridized carbons (Fsp3) is 0.409. The van der Waals surface area contributed by atoms with Crippen LogP contribution in [0.15, 0.2) is 48.5 Å². The van der Waals surface area contributed by atoms with E-state index in [-0.39, 0.29) is 12.1 Å². The van der Waals surface area contributed by atoms with Gasteiger partial charge in [0.25, 0.3) is 0 Å². The first-order chi connectivity index (χ1) is 13.0. The van der Waals surface area contributed by atoms with Gasteiger partial charge in [-0.2, -0.15) is 0 Å². The molecule has 1 fully saturated rings. The molecule has 0 radical (unpaired) electrons. The average molecular weight is 386 g/mol. The number of carbonyl (C=O) groups is 1. The molecule has 0 aromatic heterocycles. The summed E-state index contributed by atoms with van der Waals surface area (Å²) in [6.07, 6.45) is 1.93. The zero-order chi connectivity index (χ0) is 19.2. The number of halogens is 1. The Balaban J connectivity index is 1.46. The van der Waals surface area contributed by atoms with E-state index < -0.39 is 0 Å². The van der Waals surface area contributed by atoms with Gasteiger partial charge in [-0.05, 0) is 48.1 Å². The van der Waals surface area contributed by atoms with E-state index in [0.717, 1.165) is 48.7 Å². The van der Waals surface area contributed by atoms with Crippen molar-refractivity contribution in [3.05, 3.63) is 64.7 Å². The van der Waals surface area contributed by atoms with E-state index in [4.69, 9.17) is 11.6 Å². The van der Waals surface area contributed by atoms with Crippen molar-refractivity contribution in [2.75, 3.05) is 18.4 Å². The number of urea groups is 1. The molecule has 2 aromatic carbocycles. The average Bonchev–Trinajstić information content (AvgIpc) is 2.65. The van der Waals surface area contributed by atoms with Gasteiger partial charge in [-0.1, -0.05) is 55.8 Å². The molecule has 5 heteroatoms. The van der Waals surface area contributed by atoms with Crippen LogP contribution < -0.4 is 10.6 Å². The lowest BCUT2D eigenvalue weighted by Gasteiger charge is -2.32. The Hall–Kier alpha value is -2.04. The summed E-state index contributed by atoms with van der Waals surface area (Å²) in [7, 11) is 0. The van der Waals surface area contributed by atoms with Gasteiger partial charge in [0.1, 0.15) is 0 Å². The zero-order valence-corrected chi connectivity index (χ0v) is 16.8. The molecule has 2 N–H and O–H groups in total. The summed E-state index contributed by atoms with van der Waals surface area (Å²) in [5.41, 5.74) is 3.32. The van der Waals surface area contributed by atoms with E-state index in [1.807, 2.05) is 30.3 Å². The number of hydrogen-bond acceptors (Lipinski definition) is 2. The SMILES string of the molecule is CC(C)c1ccccc1NC(=O)NC1CCN(Cc2ccc(Cl)cc2)CC1. The van der Waals surface area contributed by atoms with Crippen molar-refractivity contribution in [1.29, 1.82) is 0 Å². The van der Waals surface area contributed by atoms with Crippen LogP contribution >= 0.6 is 11.6 Å². The highest BCUT2D eigenvalue weighted by molar-refractivity contribution is 6.30. The Bertz CT molecular complexity index is 752. The summed E-state index contributed by atoms with van der Waals surface area (Å²) in [6.45, 7) is 7.16. The van der Waals surface area contributed by atoms with Crippen LogP contribution in [-0.2, 0) is 6.54 Å². The van der Waals surface area contributed by atoms with E-state index in [9.17, 15) is 4.79 Å². The van der Waals surface area contributed by atoms with Crippen molar-refractivity contribution < 1.29 is 4.79 Å². The molecule has 0 aliphatic carbocycles. The summed E-state index contributed by atoms with van der Waals surface area (Å²) in [5.74, 6) is 0.373. The fourth-order valence-electron chi connectivity index (χ4n) is 3.54. The number of piperidine rings is 1. The molecule has 0 spiro atoms. The minimum atomic E-state index is -0.112. The maximum atomic E-state index is 12.4. The van der Waals surface area contributed by atoms with Gasteiger partial charge in [0.05, 0.1) is 0 Å². The number of amides is 2. The molecule has 0 atom stereocenters. The molecule has 0 unspecified atom stereocenters. The second-order valence-electron chi connectivity index (χ2n) is 7.52. The zero-order valence-electron chi connectivity index (χ0n) is 16.0. The van der Waals surface area contributed by atoms with Crippen LogP contribution in [0.2, 0.25) is 5.02 Å². The first kappa shape index (κ1) is 19.7. The van der Waals surface area contributed by atoms with E-state index in [1.54, 1.807) is 0 Å². The molecular formula is C22H28ClN3O. The summed E-state index contributed by atoms with van der Waals surface area (Å²) in [4.78, 5) is 14.8. The third-order valence-electron chi connectivity index (χ3n) is 5.07. The quantitative estimate of drug-likeness (QED) is 0.738. The summed E-state index contributed by atoms with van der Waals surface area (Å²) in [6, 6.07) is 16.1. The Morgan fingerprint density at radius 3 is 2.44 bits per heavy atom. The van der Waals surface area contributed by atoms with Crippen molar-refractivity contribution in [2.24, 2.45) is 0 Å². The summed E-state index contributed by atoms with van der Waals surface area (Å²) >= 11 is 5.95. The molecule has 2 aromatic rings. The van der Waals surface area contributed by atoms with Crippen LogP contribution in [0.3, 0.4) is 0 Å². The lowest BCUT2D eigenvalue weighted by atomic mass is 10.0. The molecule has 1 saturated heterocycles. The fourth-order valence-corrected chi connectivity index (χ4v) is 3.67. The largest absolute Gasteiger partial charge is 0.335 e. The minimum Gasteiger partial charge on any atom is -0.335 e. The molecule has 0 saturated carbocycles. The number of nitrogens with one attached hydrogen (secondary N) is 2. The van der Waals surface area contributed by atoms with E-state index in [2.05, 4.69) is 47.6 Å². The predicted octanol–water partition coefficient (Wildman–Crippen LogP) is 5.25. The molecule has 1 heterocycles. The van der Waals surface area contributed by atoms with Gasteiger partial charge in [-0.25, -0.2) is 4.79 Å². The lowest BCUT2D eigenvalue weighted by molar-refractivity contribution is 0.190. The van der Waals surface area contributed by atoms with Gasteiger partial charge in [-0.3, -0.25) is 4.90 Å². The number of para-hydroxylation sites is 1. The highest BCUT2D eigenvalue weighted by atomic mass is 35.5. The number of carbonyl (C=O) groups excluding carboxylic acids is 1. The van der Waals surface area contributed by atoms with Crippen LogP contribution in [-0.4, -0.2) is 30.1 Å². The highest BCUT2D eigenvalue weighted by Crippen LogP contribution is 2.23. The first-order valence-electron chi connectivity index (χ1n) is 9.64. The second kappa shape index (κ2) is 9.25. The molecule has 4 nitrogen and oxygen atoms in total. The van der Waals surface area contributed by atoms with Gasteiger partial charge < -0.3 is 10.6 Å². The third-order valence-corrected chi connectivity index (χ3v) is 5.33. The van der Waals surface area contributed by atoms with Crippen molar-refractivity contribution in [2.45, 2.75) is 45.2 Å². The van der Waals surface area contributed by atoms with Crippen molar-refractivity contribution in [3.63, 3.8) is 0 Å². The van der Waals surface area contributed by atoms with Crippen molar-refractivity contribution in [1.82, 2.24) is 10.2 Å². The second-order valence-corrected chi connectivity index (χ2v) is 7.95. The van der Waals surface area contributed by atoms with E-state index >= 15 is 0 Å². The van der Waals surface area contributed by atoms with Crippen molar-refractivity contribution in [3.8, 4) is 0 Å². The molecule has 0 bridgehead atoms. The van der Waals surface area contributed by atoms with E-state index in [0.29, 0.717) is 5.92 Å². The standard InChI is InChI=1S/C22H28ClN3O/c1-16(2)20-5-3-4-6-21(20)25-22(27)24-19-11-13-26(14-12-19)15-17-7-9-18(23)10-8-17/h3-10,16,19H,11-15H2,1-2H3,(H2,24,25,27). The number of anilines is 1. The van der Waals surface area contributed by atoms with Gasteiger partial charge in [0.15, 0.2) is 0 Å². The van der Waals surface area contributed by atoms with Crippen LogP contribution in [0.1, 0.15) is 43.7 Å². The maximum absolute atomic E-state index is 12.4. The van der Waals surface area contributed by atoms with E-state index in [1.165, 1.54) is 5.56 Å². The summed E-state index contributed by atoms with van der Waals surface area (Å²) in [5, 5.41) is 6.92. The molecule has 1 aliphatic heterocycles. The Labute approximate surface area is 166 Å². The normalized spacial score (nSPS) is 15.7. The minimum absolute atomic E-state index is 0.112. The molecule has 3 rings (SSSR count). The number of hydrogen-bond donors (Lipinski definition) is 2. The number of benzene rings is 2. The van der Waals surface area contributed by atoms with Crippen LogP contribution in [0.4, 0.5) is 10.5 Å². The maximum Gasteiger partial charge on any atom is 0.319 e. The number of rotatable bonds is 5. The van der Waals surface area contributed by atoms with Crippen LogP contribution in [0.5, 0.6) is 0 Å². The topological polar surface area (TPSA) is 44.4 Å². The van der Waals surface area contributed by atoms with Gasteiger partial charge in [0.2, 0.25) is 0 Å². The Morgan fingerprint density at radius 2 is 1.78 bits per heavy atom. The van der Waals surface area contributed by atoms with Gasteiger partial charge in [0, 0.05) is 36.4 Å². The van der Waals surface area contributed by atoms with Crippen LogP contribution in [0, 0.1) is 0 Å². The Kier molecular flexibility index (Phi) is 6.75. The van der Waals surface area contributed by atoms with Crippen molar-refractivity contribution >= 4 is 23.3 Å². The lowest BCUT2D eigenvalue weighted by Crippen LogP contribution is -2.45. The Morgan fingerprint density at radius 1 is 1.11 bits per heavy atom. The molecule has 1 aliphatic rings. The molecule has 27 heavy (non-hydrogen) atoms. The number of nitrogens with zero attached hydrogens (tertiary/aromatic N) is 1. The van der Waals surface area contributed by atoms with Crippen LogP contribution in [0.25, 0.3) is 0 Å². The number of likely N-dealkylation sites (tertiary alicyclic amines) is 1. The third kappa shape index (κ3) is 5.72. The monoisotopic (exact) mass is 385 g/mol. The predicted molar refractivity (Wildman–Crippen MR) is 112 cm³/mol. The molecule has 2 amide bonds.